The van der Waals surface area contributed by atoms with Gasteiger partial charge in [0.1, 0.15) is 7.28 Å². The van der Waals surface area contributed by atoms with Gasteiger partial charge in [0.05, 0.1) is 0 Å². The molecule has 0 aliphatic heterocycles. The first-order valence-corrected chi connectivity index (χ1v) is 2.97. The van der Waals surface area contributed by atoms with Gasteiger partial charge in [-0.1, -0.05) is 19.2 Å². The summed E-state index contributed by atoms with van der Waals surface area (Å²) in [5.41, 5.74) is 7.70. The van der Waals surface area contributed by atoms with E-state index in [0.29, 0.717) is 0 Å². The molecule has 1 radical (unpaired) electrons. The molecule has 0 bridgehead atoms. The molecule has 8 heavy (non-hydrogen) atoms. The van der Waals surface area contributed by atoms with Crippen molar-refractivity contribution >= 4 is 7.28 Å². The van der Waals surface area contributed by atoms with E-state index < -0.39 is 0 Å². The lowest BCUT2D eigenvalue weighted by Crippen LogP contribution is -2.01. The van der Waals surface area contributed by atoms with Crippen LogP contribution in [0.1, 0.15) is 20.3 Å². The lowest BCUT2D eigenvalue weighted by atomic mass is 9.70. The summed E-state index contributed by atoms with van der Waals surface area (Å²) in [6, 6.07) is 0. The first kappa shape index (κ1) is 7.60. The van der Waals surface area contributed by atoms with Crippen LogP contribution in [0.2, 0.25) is 6.82 Å². The molecule has 0 unspecified atom stereocenters. The van der Waals surface area contributed by atoms with E-state index >= 15 is 0 Å². The molecule has 0 rings (SSSR count). The van der Waals surface area contributed by atoms with Crippen LogP contribution >= 0.6 is 0 Å². The standard InChI is InChI=1S/C6H13BN/c1-4-6(7-3)5(2)8/h4,8H2,1-3H3/b6-5+. The predicted molar refractivity (Wildman–Crippen MR) is 38.8 cm³/mol. The zero-order chi connectivity index (χ0) is 6.57. The molecule has 0 aromatic carbocycles. The van der Waals surface area contributed by atoms with Gasteiger partial charge in [0, 0.05) is 0 Å². The third kappa shape index (κ3) is 2.06. The van der Waals surface area contributed by atoms with Gasteiger partial charge in [0.25, 0.3) is 0 Å². The number of nitrogens with two attached hydrogens (primary N) is 1. The molecule has 0 aromatic heterocycles. The van der Waals surface area contributed by atoms with Gasteiger partial charge < -0.3 is 5.73 Å². The van der Waals surface area contributed by atoms with Crippen LogP contribution in [0.5, 0.6) is 0 Å². The maximum Gasteiger partial charge on any atom is 0.144 e. The van der Waals surface area contributed by atoms with Crippen LogP contribution < -0.4 is 5.73 Å². The molecule has 0 aliphatic rings. The number of hydrogen-bond acceptors (Lipinski definition) is 1. The van der Waals surface area contributed by atoms with Gasteiger partial charge in [0.2, 0.25) is 0 Å². The summed E-state index contributed by atoms with van der Waals surface area (Å²) >= 11 is 0. The van der Waals surface area contributed by atoms with Crippen LogP contribution in [0, 0.1) is 0 Å². The van der Waals surface area contributed by atoms with E-state index in [1.165, 1.54) is 5.47 Å². The van der Waals surface area contributed by atoms with Crippen molar-refractivity contribution in [2.75, 3.05) is 0 Å². The van der Waals surface area contributed by atoms with Crippen LogP contribution in [0.15, 0.2) is 11.2 Å². The smallest absolute Gasteiger partial charge is 0.144 e. The van der Waals surface area contributed by atoms with E-state index in [2.05, 4.69) is 14.2 Å². The Labute approximate surface area is 52.2 Å². The van der Waals surface area contributed by atoms with Crippen molar-refractivity contribution in [1.29, 1.82) is 0 Å². The SMILES string of the molecule is C[B]/C(CC)=C(\C)N. The van der Waals surface area contributed by atoms with Crippen molar-refractivity contribution < 1.29 is 0 Å². The molecule has 45 valence electrons. The maximum absolute atomic E-state index is 5.51. The number of allylic oxidation sites excluding steroid dienone is 2. The molecule has 2 heteroatoms. The molecule has 0 spiro atoms. The summed E-state index contributed by atoms with van der Waals surface area (Å²) < 4.78 is 0. The van der Waals surface area contributed by atoms with Crippen LogP contribution in [-0.4, -0.2) is 7.28 Å². The molecular weight excluding hydrogens is 96.9 g/mol. The summed E-state index contributed by atoms with van der Waals surface area (Å²) in [6.07, 6.45) is 1.04. The van der Waals surface area contributed by atoms with Crippen molar-refractivity contribution in [2.45, 2.75) is 27.1 Å². The molecule has 0 aromatic rings. The lowest BCUT2D eigenvalue weighted by molar-refractivity contribution is 1.12. The first-order chi connectivity index (χ1) is 3.72. The van der Waals surface area contributed by atoms with Crippen LogP contribution in [0.4, 0.5) is 0 Å². The maximum atomic E-state index is 5.51. The van der Waals surface area contributed by atoms with E-state index in [1.54, 1.807) is 0 Å². The monoisotopic (exact) mass is 110 g/mol. The van der Waals surface area contributed by atoms with Gasteiger partial charge in [-0.3, -0.25) is 0 Å². The minimum atomic E-state index is 0.940. The van der Waals surface area contributed by atoms with Gasteiger partial charge in [-0.15, -0.1) is 0 Å². The summed E-state index contributed by atoms with van der Waals surface area (Å²) in [5, 5.41) is 0. The lowest BCUT2D eigenvalue weighted by Gasteiger charge is -1.99. The van der Waals surface area contributed by atoms with Crippen molar-refractivity contribution in [2.24, 2.45) is 5.73 Å². The molecule has 0 saturated carbocycles. The highest BCUT2D eigenvalue weighted by Gasteiger charge is 1.91. The Balaban J connectivity index is 3.86. The van der Waals surface area contributed by atoms with Crippen LogP contribution in [-0.2, 0) is 0 Å². The molecule has 1 nitrogen and oxygen atoms in total. The highest BCUT2D eigenvalue weighted by Crippen LogP contribution is 2.00. The summed E-state index contributed by atoms with van der Waals surface area (Å²) in [7, 11) is 2.05. The quantitative estimate of drug-likeness (QED) is 0.533. The molecule has 0 saturated heterocycles. The Morgan fingerprint density at radius 3 is 2.12 bits per heavy atom. The largest absolute Gasteiger partial charge is 0.403 e. The average Bonchev–Trinajstić information content (AvgIpc) is 1.69. The van der Waals surface area contributed by atoms with Crippen molar-refractivity contribution in [3.63, 3.8) is 0 Å². The summed E-state index contributed by atoms with van der Waals surface area (Å²) in [6.45, 7) is 6.04. The van der Waals surface area contributed by atoms with E-state index in [9.17, 15) is 0 Å². The second kappa shape index (κ2) is 3.59. The fraction of sp³-hybridized carbons (Fsp3) is 0.667. The zero-order valence-corrected chi connectivity index (χ0v) is 5.86. The minimum absolute atomic E-state index is 0.940. The predicted octanol–water partition coefficient (Wildman–Crippen LogP) is 1.34. The molecule has 0 heterocycles. The topological polar surface area (TPSA) is 26.0 Å². The molecule has 0 amide bonds. The zero-order valence-electron chi connectivity index (χ0n) is 5.86. The summed E-state index contributed by atoms with van der Waals surface area (Å²) in [5.74, 6) is 0. The van der Waals surface area contributed by atoms with Crippen LogP contribution in [0.3, 0.4) is 0 Å². The highest BCUT2D eigenvalue weighted by molar-refractivity contribution is 6.43. The van der Waals surface area contributed by atoms with E-state index in [-0.39, 0.29) is 0 Å². The Morgan fingerprint density at radius 2 is 2.12 bits per heavy atom. The Morgan fingerprint density at radius 1 is 1.62 bits per heavy atom. The fourth-order valence-electron chi connectivity index (χ4n) is 0.711. The number of hydrogen-bond donors (Lipinski definition) is 1. The Bertz CT molecular complexity index is 86.7. The molecule has 2 N–H and O–H groups in total. The van der Waals surface area contributed by atoms with Crippen LogP contribution in [0.25, 0.3) is 0 Å². The van der Waals surface area contributed by atoms with Gasteiger partial charge in [-0.05, 0) is 19.0 Å². The van der Waals surface area contributed by atoms with Gasteiger partial charge >= 0.3 is 0 Å². The van der Waals surface area contributed by atoms with E-state index in [0.717, 1.165) is 12.1 Å². The third-order valence-corrected chi connectivity index (χ3v) is 1.24. The summed E-state index contributed by atoms with van der Waals surface area (Å²) in [4.78, 5) is 0. The normalized spacial score (nSPS) is 12.9. The Kier molecular flexibility index (Phi) is 3.41. The Hall–Kier alpha value is -0.395. The average molecular weight is 110 g/mol. The van der Waals surface area contributed by atoms with Crippen molar-refractivity contribution in [3.05, 3.63) is 11.2 Å². The number of rotatable bonds is 2. The van der Waals surface area contributed by atoms with Crippen molar-refractivity contribution in [1.82, 2.24) is 0 Å². The molecular formula is C6H13BN. The van der Waals surface area contributed by atoms with E-state index in [1.807, 2.05) is 13.7 Å². The fourth-order valence-corrected chi connectivity index (χ4v) is 0.711. The second-order valence-corrected chi connectivity index (χ2v) is 1.85. The molecule has 0 fully saturated rings. The van der Waals surface area contributed by atoms with Gasteiger partial charge in [0.15, 0.2) is 0 Å². The second-order valence-electron chi connectivity index (χ2n) is 1.85. The highest BCUT2D eigenvalue weighted by atomic mass is 14.5. The first-order valence-electron chi connectivity index (χ1n) is 2.97. The van der Waals surface area contributed by atoms with E-state index in [4.69, 9.17) is 5.73 Å². The van der Waals surface area contributed by atoms with Gasteiger partial charge in [-0.25, -0.2) is 0 Å². The third-order valence-electron chi connectivity index (χ3n) is 1.24. The van der Waals surface area contributed by atoms with Gasteiger partial charge in [-0.2, -0.15) is 0 Å². The van der Waals surface area contributed by atoms with Crippen molar-refractivity contribution in [3.8, 4) is 0 Å². The molecule has 0 atom stereocenters. The molecule has 0 aliphatic carbocycles. The minimum Gasteiger partial charge on any atom is -0.403 e.